The zero-order chi connectivity index (χ0) is 19.6. The molecule has 1 aromatic heterocycles. The summed E-state index contributed by atoms with van der Waals surface area (Å²) in [6.45, 7) is 1.26. The monoisotopic (exact) mass is 424 g/mol. The molecule has 0 spiro atoms. The van der Waals surface area contributed by atoms with Crippen LogP contribution in [0.5, 0.6) is 11.5 Å². The van der Waals surface area contributed by atoms with E-state index in [0.29, 0.717) is 16.0 Å². The topological polar surface area (TPSA) is 51.7 Å². The van der Waals surface area contributed by atoms with Gasteiger partial charge in [-0.25, -0.2) is 13.8 Å². The molecule has 0 bridgehead atoms. The number of carbonyl (C=O) groups excluding carboxylic acids is 1. The standard InChI is InChI=1S/C16H13Cl3F2N2O3/c1-7-11(17)8(5-22-15(7)18)6-23(16(19)24)14-12(20)9(25-2)4-10(26-3)13(14)21/h4-5H,6H2,1-3H3. The van der Waals surface area contributed by atoms with Gasteiger partial charge in [0, 0.05) is 23.4 Å². The Morgan fingerprint density at radius 1 is 1.19 bits per heavy atom. The Bertz CT molecular complexity index is 837. The highest BCUT2D eigenvalue weighted by atomic mass is 35.5. The number of methoxy groups -OCH3 is 2. The maximum atomic E-state index is 14.7. The van der Waals surface area contributed by atoms with Gasteiger partial charge < -0.3 is 9.47 Å². The molecular formula is C16H13Cl3F2N2O3. The summed E-state index contributed by atoms with van der Waals surface area (Å²) in [6, 6.07) is 1.02. The van der Waals surface area contributed by atoms with Crippen molar-refractivity contribution in [1.82, 2.24) is 4.98 Å². The molecule has 0 radical (unpaired) electrons. The molecule has 1 aromatic carbocycles. The lowest BCUT2D eigenvalue weighted by Crippen LogP contribution is -2.28. The van der Waals surface area contributed by atoms with Crippen LogP contribution in [0.1, 0.15) is 11.1 Å². The molecule has 5 nitrogen and oxygen atoms in total. The van der Waals surface area contributed by atoms with Crippen LogP contribution in [0, 0.1) is 18.6 Å². The third-order valence-corrected chi connectivity index (χ3v) is 4.73. The number of amides is 1. The fourth-order valence-electron chi connectivity index (χ4n) is 2.24. The molecule has 140 valence electrons. The summed E-state index contributed by atoms with van der Waals surface area (Å²) in [5.41, 5.74) is 0.0185. The Kier molecular flexibility index (Phi) is 6.49. The molecule has 1 amide bonds. The molecule has 1 heterocycles. The normalized spacial score (nSPS) is 10.6. The fraction of sp³-hybridized carbons (Fsp3) is 0.250. The van der Waals surface area contributed by atoms with E-state index < -0.39 is 22.7 Å². The zero-order valence-corrected chi connectivity index (χ0v) is 16.1. The van der Waals surface area contributed by atoms with Gasteiger partial charge in [0.25, 0.3) is 0 Å². The van der Waals surface area contributed by atoms with Gasteiger partial charge in [0.1, 0.15) is 10.8 Å². The van der Waals surface area contributed by atoms with E-state index in [1.165, 1.54) is 20.4 Å². The summed E-state index contributed by atoms with van der Waals surface area (Å²) in [5.74, 6) is -2.88. The summed E-state index contributed by atoms with van der Waals surface area (Å²) in [6.07, 6.45) is 1.29. The van der Waals surface area contributed by atoms with Crippen molar-refractivity contribution in [2.75, 3.05) is 19.1 Å². The van der Waals surface area contributed by atoms with Crippen molar-refractivity contribution >= 4 is 45.9 Å². The van der Waals surface area contributed by atoms with Gasteiger partial charge in [0.15, 0.2) is 23.1 Å². The van der Waals surface area contributed by atoms with Crippen LogP contribution in [0.2, 0.25) is 10.2 Å². The van der Waals surface area contributed by atoms with Gasteiger partial charge in [-0.15, -0.1) is 0 Å². The number of hydrogen-bond acceptors (Lipinski definition) is 4. The first-order valence-electron chi connectivity index (χ1n) is 7.09. The van der Waals surface area contributed by atoms with E-state index in [2.05, 4.69) is 4.98 Å². The van der Waals surface area contributed by atoms with Gasteiger partial charge >= 0.3 is 5.37 Å². The maximum absolute atomic E-state index is 14.7. The van der Waals surface area contributed by atoms with Crippen LogP contribution in [0.4, 0.5) is 19.3 Å². The van der Waals surface area contributed by atoms with Gasteiger partial charge in [-0.2, -0.15) is 0 Å². The first kappa shape index (κ1) is 20.5. The van der Waals surface area contributed by atoms with Crippen LogP contribution >= 0.6 is 34.8 Å². The smallest absolute Gasteiger partial charge is 0.321 e. The van der Waals surface area contributed by atoms with Crippen LogP contribution in [0.3, 0.4) is 0 Å². The van der Waals surface area contributed by atoms with Crippen molar-refractivity contribution in [3.8, 4) is 11.5 Å². The number of ether oxygens (including phenoxy) is 2. The third-order valence-electron chi connectivity index (χ3n) is 3.62. The number of halogens is 5. The Morgan fingerprint density at radius 3 is 2.19 bits per heavy atom. The maximum Gasteiger partial charge on any atom is 0.321 e. The molecule has 2 rings (SSSR count). The van der Waals surface area contributed by atoms with E-state index in [-0.39, 0.29) is 28.2 Å². The molecule has 0 aliphatic heterocycles. The predicted molar refractivity (Wildman–Crippen MR) is 95.9 cm³/mol. The average Bonchev–Trinajstić information content (AvgIpc) is 2.61. The minimum Gasteiger partial charge on any atom is -0.493 e. The van der Waals surface area contributed by atoms with E-state index in [4.69, 9.17) is 44.3 Å². The lowest BCUT2D eigenvalue weighted by atomic mass is 10.1. The second-order valence-electron chi connectivity index (χ2n) is 5.11. The molecule has 0 N–H and O–H groups in total. The van der Waals surface area contributed by atoms with Crippen molar-refractivity contribution in [3.63, 3.8) is 0 Å². The van der Waals surface area contributed by atoms with Gasteiger partial charge in [-0.05, 0) is 18.5 Å². The minimum atomic E-state index is -1.14. The van der Waals surface area contributed by atoms with Crippen LogP contribution < -0.4 is 14.4 Å². The average molecular weight is 426 g/mol. The molecule has 0 fully saturated rings. The van der Waals surface area contributed by atoms with Crippen molar-refractivity contribution < 1.29 is 23.0 Å². The quantitative estimate of drug-likeness (QED) is 0.368. The number of anilines is 1. The molecule has 0 aliphatic carbocycles. The highest BCUT2D eigenvalue weighted by molar-refractivity contribution is 6.66. The number of nitrogens with zero attached hydrogens (tertiary/aromatic N) is 2. The molecule has 10 heteroatoms. The molecule has 0 saturated heterocycles. The Hall–Kier alpha value is -1.83. The summed E-state index contributed by atoms with van der Waals surface area (Å²) < 4.78 is 39.1. The first-order valence-corrected chi connectivity index (χ1v) is 8.22. The summed E-state index contributed by atoms with van der Waals surface area (Å²) in [5, 5.41) is -0.770. The third kappa shape index (κ3) is 3.79. The number of rotatable bonds is 5. The lowest BCUT2D eigenvalue weighted by Gasteiger charge is -2.23. The molecular weight excluding hydrogens is 413 g/mol. The number of pyridine rings is 1. The van der Waals surface area contributed by atoms with Crippen LogP contribution in [0.15, 0.2) is 12.3 Å². The highest BCUT2D eigenvalue weighted by Gasteiger charge is 2.29. The fourth-order valence-corrected chi connectivity index (χ4v) is 2.77. The molecule has 0 atom stereocenters. The largest absolute Gasteiger partial charge is 0.493 e. The Balaban J connectivity index is 2.62. The van der Waals surface area contributed by atoms with Crippen molar-refractivity contribution in [2.24, 2.45) is 0 Å². The summed E-state index contributed by atoms with van der Waals surface area (Å²) in [4.78, 5) is 16.5. The van der Waals surface area contributed by atoms with Crippen molar-refractivity contribution in [3.05, 3.63) is 45.2 Å². The van der Waals surface area contributed by atoms with Crippen LogP contribution in [-0.4, -0.2) is 24.6 Å². The SMILES string of the molecule is COc1cc(OC)c(F)c(N(Cc2cnc(Cl)c(C)c2Cl)C(=O)Cl)c1F. The predicted octanol–water partition coefficient (Wildman–Crippen LogP) is 5.36. The second kappa shape index (κ2) is 8.24. The molecule has 2 aromatic rings. The Labute approximate surface area is 163 Å². The second-order valence-corrected chi connectivity index (χ2v) is 6.17. The number of hydrogen-bond donors (Lipinski definition) is 0. The van der Waals surface area contributed by atoms with Crippen LogP contribution in [-0.2, 0) is 6.54 Å². The number of benzene rings is 1. The van der Waals surface area contributed by atoms with Crippen molar-refractivity contribution in [1.29, 1.82) is 0 Å². The van der Waals surface area contributed by atoms with Crippen molar-refractivity contribution in [2.45, 2.75) is 13.5 Å². The van der Waals surface area contributed by atoms with Gasteiger partial charge in [-0.3, -0.25) is 9.69 Å². The summed E-state index contributed by atoms with van der Waals surface area (Å²) in [7, 11) is 2.38. The van der Waals surface area contributed by atoms with Crippen LogP contribution in [0.25, 0.3) is 0 Å². The molecule has 0 unspecified atom stereocenters. The van der Waals surface area contributed by atoms with E-state index in [9.17, 15) is 13.6 Å². The number of aromatic nitrogens is 1. The highest BCUT2D eigenvalue weighted by Crippen LogP contribution is 2.39. The zero-order valence-electron chi connectivity index (χ0n) is 13.9. The van der Waals surface area contributed by atoms with Gasteiger partial charge in [0.2, 0.25) is 0 Å². The summed E-state index contributed by atoms with van der Waals surface area (Å²) >= 11 is 17.6. The lowest BCUT2D eigenvalue weighted by molar-refractivity contribution is 0.263. The molecule has 0 saturated carbocycles. The molecule has 0 aliphatic rings. The Morgan fingerprint density at radius 2 is 1.73 bits per heavy atom. The van der Waals surface area contributed by atoms with E-state index in [1.54, 1.807) is 6.92 Å². The van der Waals surface area contributed by atoms with Gasteiger partial charge in [-0.1, -0.05) is 23.2 Å². The van der Waals surface area contributed by atoms with E-state index in [0.717, 1.165) is 6.07 Å². The first-order chi connectivity index (χ1) is 12.2. The number of carbonyl (C=O) groups is 1. The molecule has 26 heavy (non-hydrogen) atoms. The van der Waals surface area contributed by atoms with Gasteiger partial charge in [0.05, 0.1) is 25.8 Å². The van der Waals surface area contributed by atoms with E-state index >= 15 is 0 Å². The minimum absolute atomic E-state index is 0.169. The van der Waals surface area contributed by atoms with E-state index in [1.807, 2.05) is 0 Å².